The average molecular weight is 395 g/mol. The molecule has 2 atom stereocenters. The number of benzene rings is 1. The number of thiazole rings is 1. The Labute approximate surface area is 168 Å². The molecule has 2 aromatic heterocycles. The van der Waals surface area contributed by atoms with Crippen molar-refractivity contribution in [2.24, 2.45) is 0 Å². The molecule has 1 saturated heterocycles. The highest BCUT2D eigenvalue weighted by Crippen LogP contribution is 2.30. The van der Waals surface area contributed by atoms with Crippen LogP contribution in [0.5, 0.6) is 0 Å². The number of urea groups is 1. The molecule has 0 radical (unpaired) electrons. The van der Waals surface area contributed by atoms with Gasteiger partial charge in [-0.15, -0.1) is 11.3 Å². The summed E-state index contributed by atoms with van der Waals surface area (Å²) in [7, 11) is 0. The minimum atomic E-state index is -0.212. The van der Waals surface area contributed by atoms with E-state index in [0.29, 0.717) is 6.61 Å². The van der Waals surface area contributed by atoms with Gasteiger partial charge in [0.15, 0.2) is 0 Å². The van der Waals surface area contributed by atoms with E-state index in [1.807, 2.05) is 54.9 Å². The van der Waals surface area contributed by atoms with Gasteiger partial charge in [-0.25, -0.2) is 9.78 Å². The monoisotopic (exact) mass is 394 g/mol. The van der Waals surface area contributed by atoms with Gasteiger partial charge in [-0.2, -0.15) is 0 Å². The normalized spacial score (nSPS) is 19.2. The number of pyridine rings is 1. The molecular weight excluding hydrogens is 372 g/mol. The van der Waals surface area contributed by atoms with Gasteiger partial charge in [0, 0.05) is 36.0 Å². The molecule has 0 aliphatic carbocycles. The summed E-state index contributed by atoms with van der Waals surface area (Å²) in [4.78, 5) is 21.3. The zero-order valence-corrected chi connectivity index (χ0v) is 16.4. The lowest BCUT2D eigenvalue weighted by molar-refractivity contribution is 0.00235. The van der Waals surface area contributed by atoms with Gasteiger partial charge in [0.2, 0.25) is 0 Å². The molecule has 1 aliphatic rings. The third kappa shape index (κ3) is 4.37. The summed E-state index contributed by atoms with van der Waals surface area (Å²) in [5.74, 6) is 0. The Hall–Kier alpha value is -2.77. The van der Waals surface area contributed by atoms with Crippen LogP contribution >= 0.6 is 11.3 Å². The second-order valence-electron chi connectivity index (χ2n) is 6.76. The Bertz CT molecular complexity index is 944. The fourth-order valence-corrected chi connectivity index (χ4v) is 3.99. The third-order valence-electron chi connectivity index (χ3n) is 4.75. The molecule has 2 amide bonds. The number of rotatable bonds is 4. The molecule has 2 unspecified atom stereocenters. The van der Waals surface area contributed by atoms with Gasteiger partial charge in [0.05, 0.1) is 22.5 Å². The molecule has 4 rings (SSSR count). The molecule has 144 valence electrons. The van der Waals surface area contributed by atoms with Crippen molar-refractivity contribution in [3.63, 3.8) is 0 Å². The number of aryl methyl sites for hydroxylation is 1. The van der Waals surface area contributed by atoms with Crippen molar-refractivity contribution >= 4 is 23.1 Å². The summed E-state index contributed by atoms with van der Waals surface area (Å²) >= 11 is 1.59. The summed E-state index contributed by atoms with van der Waals surface area (Å²) < 4.78 is 5.85. The van der Waals surface area contributed by atoms with E-state index in [-0.39, 0.29) is 18.2 Å². The van der Waals surface area contributed by atoms with Crippen LogP contribution in [0.4, 0.5) is 10.5 Å². The fourth-order valence-electron chi connectivity index (χ4n) is 3.37. The van der Waals surface area contributed by atoms with Crippen molar-refractivity contribution in [1.82, 2.24) is 15.3 Å². The van der Waals surface area contributed by atoms with Gasteiger partial charge in [-0.05, 0) is 37.5 Å². The number of anilines is 1. The first-order chi connectivity index (χ1) is 13.7. The second-order valence-corrected chi connectivity index (χ2v) is 7.83. The van der Waals surface area contributed by atoms with Crippen LogP contribution in [-0.2, 0) is 4.74 Å². The highest BCUT2D eigenvalue weighted by Gasteiger charge is 2.25. The molecule has 7 heteroatoms. The van der Waals surface area contributed by atoms with Crippen molar-refractivity contribution in [3.8, 4) is 11.3 Å². The van der Waals surface area contributed by atoms with Crippen LogP contribution in [0.3, 0.4) is 0 Å². The minimum Gasteiger partial charge on any atom is -0.373 e. The Morgan fingerprint density at radius 2 is 2.14 bits per heavy atom. The number of hydrogen-bond donors (Lipinski definition) is 2. The SMILES string of the molecule is Cc1nc(-c2ccccc2NC(=O)NC2CCOC(c3cccnc3)C2)cs1. The van der Waals surface area contributed by atoms with E-state index >= 15 is 0 Å². The number of nitrogens with zero attached hydrogens (tertiary/aromatic N) is 2. The number of hydrogen-bond acceptors (Lipinski definition) is 5. The maximum Gasteiger partial charge on any atom is 0.319 e. The van der Waals surface area contributed by atoms with Crippen molar-refractivity contribution in [3.05, 3.63) is 64.7 Å². The van der Waals surface area contributed by atoms with Gasteiger partial charge >= 0.3 is 6.03 Å². The zero-order valence-electron chi connectivity index (χ0n) is 15.6. The minimum absolute atomic E-state index is 0.0435. The van der Waals surface area contributed by atoms with Gasteiger partial charge in [0.25, 0.3) is 0 Å². The van der Waals surface area contributed by atoms with E-state index in [0.717, 1.165) is 40.4 Å². The maximum atomic E-state index is 12.6. The van der Waals surface area contributed by atoms with Crippen LogP contribution in [0.2, 0.25) is 0 Å². The fraction of sp³-hybridized carbons (Fsp3) is 0.286. The van der Waals surface area contributed by atoms with Gasteiger partial charge in [-0.1, -0.05) is 24.3 Å². The highest BCUT2D eigenvalue weighted by atomic mass is 32.1. The lowest BCUT2D eigenvalue weighted by atomic mass is 9.99. The first kappa shape index (κ1) is 18.6. The molecule has 28 heavy (non-hydrogen) atoms. The Morgan fingerprint density at radius 3 is 2.93 bits per heavy atom. The number of amides is 2. The molecule has 6 nitrogen and oxygen atoms in total. The van der Waals surface area contributed by atoms with Crippen LogP contribution in [0.15, 0.2) is 54.2 Å². The van der Waals surface area contributed by atoms with Crippen LogP contribution < -0.4 is 10.6 Å². The van der Waals surface area contributed by atoms with Crippen molar-refractivity contribution < 1.29 is 9.53 Å². The van der Waals surface area contributed by atoms with Crippen molar-refractivity contribution in [1.29, 1.82) is 0 Å². The zero-order chi connectivity index (χ0) is 19.3. The van der Waals surface area contributed by atoms with E-state index in [2.05, 4.69) is 20.6 Å². The van der Waals surface area contributed by atoms with Crippen LogP contribution in [0.25, 0.3) is 11.3 Å². The molecule has 3 heterocycles. The van der Waals surface area contributed by atoms with E-state index in [1.54, 1.807) is 17.5 Å². The molecule has 1 fully saturated rings. The first-order valence-electron chi connectivity index (χ1n) is 9.29. The summed E-state index contributed by atoms with van der Waals surface area (Å²) in [6.07, 6.45) is 5.04. The highest BCUT2D eigenvalue weighted by molar-refractivity contribution is 7.09. The second kappa shape index (κ2) is 8.50. The summed E-state index contributed by atoms with van der Waals surface area (Å²) in [6, 6.07) is 11.5. The van der Waals surface area contributed by atoms with Gasteiger partial charge in [-0.3, -0.25) is 4.98 Å². The van der Waals surface area contributed by atoms with E-state index in [9.17, 15) is 4.79 Å². The Kier molecular flexibility index (Phi) is 5.64. The van der Waals surface area contributed by atoms with E-state index < -0.39 is 0 Å². The predicted molar refractivity (Wildman–Crippen MR) is 110 cm³/mol. The van der Waals surface area contributed by atoms with Crippen LogP contribution in [0.1, 0.15) is 29.5 Å². The first-order valence-corrected chi connectivity index (χ1v) is 10.2. The standard InChI is InChI=1S/C21H22N4O2S/c1-14-23-19(13-28-14)17-6-2-3-7-18(17)25-21(26)24-16-8-10-27-20(11-16)15-5-4-9-22-12-15/h2-7,9,12-13,16,20H,8,10-11H2,1H3,(H2,24,25,26). The number of aromatic nitrogens is 2. The Morgan fingerprint density at radius 1 is 1.25 bits per heavy atom. The molecule has 0 bridgehead atoms. The predicted octanol–water partition coefficient (Wildman–Crippen LogP) is 4.56. The maximum absolute atomic E-state index is 12.6. The summed E-state index contributed by atoms with van der Waals surface area (Å²) in [6.45, 7) is 2.58. The number of ether oxygens (including phenoxy) is 1. The van der Waals surface area contributed by atoms with Gasteiger partial charge in [0.1, 0.15) is 0 Å². The number of carbonyl (C=O) groups is 1. The lowest BCUT2D eigenvalue weighted by Gasteiger charge is -2.30. The molecule has 1 aromatic carbocycles. The molecule has 0 spiro atoms. The lowest BCUT2D eigenvalue weighted by Crippen LogP contribution is -2.42. The topological polar surface area (TPSA) is 76.1 Å². The van der Waals surface area contributed by atoms with Gasteiger partial charge < -0.3 is 15.4 Å². The average Bonchev–Trinajstić information content (AvgIpc) is 3.15. The van der Waals surface area contributed by atoms with Crippen LogP contribution in [0, 0.1) is 6.92 Å². The molecule has 3 aromatic rings. The number of nitrogens with one attached hydrogen (secondary N) is 2. The van der Waals surface area contributed by atoms with Crippen molar-refractivity contribution in [2.45, 2.75) is 31.9 Å². The van der Waals surface area contributed by atoms with Crippen LogP contribution in [-0.4, -0.2) is 28.6 Å². The molecule has 0 saturated carbocycles. The molecule has 2 N–H and O–H groups in total. The quantitative estimate of drug-likeness (QED) is 0.680. The van der Waals surface area contributed by atoms with E-state index in [1.165, 1.54) is 0 Å². The summed E-state index contributed by atoms with van der Waals surface area (Å²) in [5.41, 5.74) is 3.59. The molecular formula is C21H22N4O2S. The Balaban J connectivity index is 1.41. The third-order valence-corrected chi connectivity index (χ3v) is 5.52. The van der Waals surface area contributed by atoms with E-state index in [4.69, 9.17) is 4.74 Å². The largest absolute Gasteiger partial charge is 0.373 e. The number of carbonyl (C=O) groups excluding carboxylic acids is 1. The molecule has 1 aliphatic heterocycles. The number of para-hydroxylation sites is 1. The smallest absolute Gasteiger partial charge is 0.319 e. The summed E-state index contributed by atoms with van der Waals surface area (Å²) in [5, 5.41) is 9.07. The van der Waals surface area contributed by atoms with Crippen molar-refractivity contribution in [2.75, 3.05) is 11.9 Å².